The monoisotopic (exact) mass is 312 g/mol. The van der Waals surface area contributed by atoms with Gasteiger partial charge in [-0.2, -0.15) is 0 Å². The molecule has 5 heteroatoms. The number of pyridine rings is 1. The van der Waals surface area contributed by atoms with Crippen LogP contribution in [0.15, 0.2) is 48.8 Å². The highest BCUT2D eigenvalue weighted by atomic mass is 19.1. The highest BCUT2D eigenvalue weighted by molar-refractivity contribution is 5.82. The molecule has 3 rings (SSSR count). The van der Waals surface area contributed by atoms with Crippen LogP contribution in [0.25, 0.3) is 11.0 Å². The molecule has 23 heavy (non-hydrogen) atoms. The van der Waals surface area contributed by atoms with E-state index in [1.807, 2.05) is 18.3 Å². The van der Waals surface area contributed by atoms with Crippen LogP contribution in [0.3, 0.4) is 0 Å². The molecule has 1 unspecified atom stereocenters. The van der Waals surface area contributed by atoms with Crippen molar-refractivity contribution >= 4 is 17.0 Å². The molecule has 118 valence electrons. The molecule has 0 aliphatic rings. The van der Waals surface area contributed by atoms with Crippen LogP contribution in [0.1, 0.15) is 30.4 Å². The van der Waals surface area contributed by atoms with Gasteiger partial charge in [0.2, 0.25) is 0 Å². The molecule has 3 aromatic rings. The number of benzene rings is 1. The fourth-order valence-electron chi connectivity index (χ4n) is 2.75. The van der Waals surface area contributed by atoms with E-state index in [2.05, 4.69) is 9.97 Å². The summed E-state index contributed by atoms with van der Waals surface area (Å²) in [6.45, 7) is 2.12. The molecule has 2 heterocycles. The number of H-pyrrole nitrogens is 1. The zero-order valence-electron chi connectivity index (χ0n) is 12.8. The summed E-state index contributed by atoms with van der Waals surface area (Å²) in [5.74, 6) is -0.795. The van der Waals surface area contributed by atoms with Crippen LogP contribution in [-0.4, -0.2) is 22.5 Å². The Morgan fingerprint density at radius 2 is 2.09 bits per heavy atom. The van der Waals surface area contributed by atoms with Gasteiger partial charge in [0.25, 0.3) is 0 Å². The number of carbonyl (C=O) groups is 1. The SMILES string of the molecule is CCOC(=O)CC(c1ccc(F)cc1)c1c[nH]c2ncccc12. The number of ether oxygens (including phenoxy) is 1. The predicted molar refractivity (Wildman–Crippen MR) is 85.6 cm³/mol. The van der Waals surface area contributed by atoms with Crippen molar-refractivity contribution in [1.29, 1.82) is 0 Å². The molecule has 0 saturated heterocycles. The number of nitrogens with one attached hydrogen (secondary N) is 1. The molecule has 0 fully saturated rings. The largest absolute Gasteiger partial charge is 0.466 e. The maximum atomic E-state index is 13.2. The molecule has 0 spiro atoms. The van der Waals surface area contributed by atoms with Crippen molar-refractivity contribution in [2.45, 2.75) is 19.3 Å². The van der Waals surface area contributed by atoms with Gasteiger partial charge in [-0.25, -0.2) is 9.37 Å². The summed E-state index contributed by atoms with van der Waals surface area (Å²) in [6.07, 6.45) is 3.76. The highest BCUT2D eigenvalue weighted by Gasteiger charge is 2.22. The van der Waals surface area contributed by atoms with Crippen LogP contribution >= 0.6 is 0 Å². The van der Waals surface area contributed by atoms with E-state index >= 15 is 0 Å². The first-order valence-corrected chi connectivity index (χ1v) is 7.52. The number of aromatic amines is 1. The number of esters is 1. The van der Waals surface area contributed by atoms with Crippen LogP contribution < -0.4 is 0 Å². The number of fused-ring (bicyclic) bond motifs is 1. The fraction of sp³-hybridized carbons (Fsp3) is 0.222. The van der Waals surface area contributed by atoms with Gasteiger partial charge in [0, 0.05) is 23.7 Å². The first-order chi connectivity index (χ1) is 11.2. The Morgan fingerprint density at radius 3 is 2.83 bits per heavy atom. The second kappa shape index (κ2) is 6.60. The lowest BCUT2D eigenvalue weighted by Crippen LogP contribution is -2.11. The Hall–Kier alpha value is -2.69. The van der Waals surface area contributed by atoms with Gasteiger partial charge in [0.05, 0.1) is 13.0 Å². The van der Waals surface area contributed by atoms with Gasteiger partial charge in [-0.05, 0) is 42.3 Å². The lowest BCUT2D eigenvalue weighted by molar-refractivity contribution is -0.143. The Bertz CT molecular complexity index is 811. The first kappa shape index (κ1) is 15.2. The van der Waals surface area contributed by atoms with Gasteiger partial charge in [-0.1, -0.05) is 12.1 Å². The number of rotatable bonds is 5. The molecule has 2 aromatic heterocycles. The van der Waals surface area contributed by atoms with Crippen molar-refractivity contribution in [3.8, 4) is 0 Å². The van der Waals surface area contributed by atoms with E-state index < -0.39 is 0 Å². The van der Waals surface area contributed by atoms with Crippen LogP contribution in [0.4, 0.5) is 4.39 Å². The van der Waals surface area contributed by atoms with E-state index in [1.54, 1.807) is 25.3 Å². The third kappa shape index (κ3) is 3.23. The molecule has 0 amide bonds. The average Bonchev–Trinajstić information content (AvgIpc) is 2.98. The summed E-state index contributed by atoms with van der Waals surface area (Å²) in [5.41, 5.74) is 2.58. The molecule has 0 bridgehead atoms. The van der Waals surface area contributed by atoms with E-state index in [0.29, 0.717) is 6.61 Å². The van der Waals surface area contributed by atoms with Crippen LogP contribution in [0.5, 0.6) is 0 Å². The Balaban J connectivity index is 2.03. The molecule has 0 saturated carbocycles. The zero-order valence-corrected chi connectivity index (χ0v) is 12.8. The van der Waals surface area contributed by atoms with Gasteiger partial charge < -0.3 is 9.72 Å². The topological polar surface area (TPSA) is 55.0 Å². The van der Waals surface area contributed by atoms with Crippen LogP contribution in [-0.2, 0) is 9.53 Å². The fourth-order valence-corrected chi connectivity index (χ4v) is 2.75. The summed E-state index contributed by atoms with van der Waals surface area (Å²) in [7, 11) is 0. The minimum Gasteiger partial charge on any atom is -0.466 e. The molecule has 0 aliphatic heterocycles. The Labute approximate surface area is 133 Å². The number of hydrogen-bond donors (Lipinski definition) is 1. The van der Waals surface area contributed by atoms with E-state index in [0.717, 1.165) is 22.2 Å². The molecule has 0 aliphatic carbocycles. The third-order valence-electron chi connectivity index (χ3n) is 3.81. The van der Waals surface area contributed by atoms with Gasteiger partial charge >= 0.3 is 5.97 Å². The Kier molecular flexibility index (Phi) is 4.37. The number of halogens is 1. The van der Waals surface area contributed by atoms with Gasteiger partial charge in [0.1, 0.15) is 11.5 Å². The van der Waals surface area contributed by atoms with Crippen molar-refractivity contribution in [2.75, 3.05) is 6.61 Å². The summed E-state index contributed by atoms with van der Waals surface area (Å²) < 4.78 is 18.3. The minimum atomic E-state index is -0.302. The molecule has 4 nitrogen and oxygen atoms in total. The van der Waals surface area contributed by atoms with Crippen molar-refractivity contribution in [3.05, 3.63) is 65.7 Å². The van der Waals surface area contributed by atoms with Crippen molar-refractivity contribution in [3.63, 3.8) is 0 Å². The average molecular weight is 312 g/mol. The number of nitrogens with zero attached hydrogens (tertiary/aromatic N) is 1. The molecular weight excluding hydrogens is 295 g/mol. The third-order valence-corrected chi connectivity index (χ3v) is 3.81. The summed E-state index contributed by atoms with van der Waals surface area (Å²) in [4.78, 5) is 19.4. The Morgan fingerprint density at radius 1 is 1.30 bits per heavy atom. The van der Waals surface area contributed by atoms with Crippen molar-refractivity contribution in [1.82, 2.24) is 9.97 Å². The number of aromatic nitrogens is 2. The molecular formula is C18H17FN2O2. The van der Waals surface area contributed by atoms with Crippen LogP contribution in [0, 0.1) is 5.82 Å². The van der Waals surface area contributed by atoms with Gasteiger partial charge in [0.15, 0.2) is 0 Å². The maximum Gasteiger partial charge on any atom is 0.306 e. The summed E-state index contributed by atoms with van der Waals surface area (Å²) in [6, 6.07) is 10.0. The predicted octanol–water partition coefficient (Wildman–Crippen LogP) is 3.79. The minimum absolute atomic E-state index is 0.196. The standard InChI is InChI=1S/C18H17FN2O2/c1-2-23-17(22)10-15(12-5-7-13(19)8-6-12)16-11-21-18-14(16)4-3-9-20-18/h3-9,11,15H,2,10H2,1H3,(H,20,21). The molecule has 1 atom stereocenters. The maximum absolute atomic E-state index is 13.2. The van der Waals surface area contributed by atoms with E-state index in [1.165, 1.54) is 12.1 Å². The van der Waals surface area contributed by atoms with Crippen molar-refractivity contribution in [2.24, 2.45) is 0 Å². The smallest absolute Gasteiger partial charge is 0.306 e. The second-order valence-corrected chi connectivity index (χ2v) is 5.26. The van der Waals surface area contributed by atoms with E-state index in [9.17, 15) is 9.18 Å². The normalized spacial score (nSPS) is 12.3. The first-order valence-electron chi connectivity index (χ1n) is 7.52. The molecule has 0 radical (unpaired) electrons. The molecule has 1 N–H and O–H groups in total. The van der Waals surface area contributed by atoms with Crippen molar-refractivity contribution < 1.29 is 13.9 Å². The highest BCUT2D eigenvalue weighted by Crippen LogP contribution is 2.33. The quantitative estimate of drug-likeness (QED) is 0.729. The summed E-state index contributed by atoms with van der Waals surface area (Å²) >= 11 is 0. The van der Waals surface area contributed by atoms with E-state index in [-0.39, 0.29) is 24.1 Å². The van der Waals surface area contributed by atoms with E-state index in [4.69, 9.17) is 4.74 Å². The lowest BCUT2D eigenvalue weighted by atomic mass is 9.88. The number of carbonyl (C=O) groups excluding carboxylic acids is 1. The molecule has 1 aromatic carbocycles. The second-order valence-electron chi connectivity index (χ2n) is 5.26. The zero-order chi connectivity index (χ0) is 16.2. The lowest BCUT2D eigenvalue weighted by Gasteiger charge is -2.16. The number of hydrogen-bond acceptors (Lipinski definition) is 3. The van der Waals surface area contributed by atoms with Crippen LogP contribution in [0.2, 0.25) is 0 Å². The van der Waals surface area contributed by atoms with Gasteiger partial charge in [-0.15, -0.1) is 0 Å². The summed E-state index contributed by atoms with van der Waals surface area (Å²) in [5, 5.41) is 0.950. The van der Waals surface area contributed by atoms with Gasteiger partial charge in [-0.3, -0.25) is 4.79 Å².